The number of nitrogens with zero attached hydrogens (tertiary/aromatic N) is 2. The number of carboxylic acids is 1. The molecular weight excluding hydrogens is 272 g/mol. The van der Waals surface area contributed by atoms with Crippen molar-refractivity contribution < 1.29 is 19.1 Å². The maximum Gasteiger partial charge on any atom is 0.354 e. The molecule has 0 unspecified atom stereocenters. The number of hydrogen-bond donors (Lipinski definition) is 1. The second-order valence-electron chi connectivity index (χ2n) is 4.91. The Hall–Kier alpha value is -2.63. The Labute approximate surface area is 121 Å². The Bertz CT molecular complexity index is 649. The summed E-state index contributed by atoms with van der Waals surface area (Å²) in [6.07, 6.45) is 4.68. The van der Waals surface area contributed by atoms with Gasteiger partial charge >= 0.3 is 5.97 Å². The molecule has 1 fully saturated rings. The van der Waals surface area contributed by atoms with E-state index in [9.17, 15) is 9.59 Å². The predicted octanol–water partition coefficient (Wildman–Crippen LogP) is 2.35. The van der Waals surface area contributed by atoms with E-state index < -0.39 is 5.97 Å². The summed E-state index contributed by atoms with van der Waals surface area (Å²) in [4.78, 5) is 28.8. The summed E-state index contributed by atoms with van der Waals surface area (Å²) in [5, 5.41) is 8.82. The number of carbonyl (C=O) groups excluding carboxylic acids is 1. The van der Waals surface area contributed by atoms with Gasteiger partial charge in [-0.05, 0) is 37.1 Å². The lowest BCUT2D eigenvalue weighted by Crippen LogP contribution is -2.30. The fourth-order valence-electron chi connectivity index (χ4n) is 2.60. The van der Waals surface area contributed by atoms with Crippen molar-refractivity contribution in [1.29, 1.82) is 0 Å². The van der Waals surface area contributed by atoms with Crippen molar-refractivity contribution in [3.05, 3.63) is 53.7 Å². The van der Waals surface area contributed by atoms with Crippen molar-refractivity contribution in [2.45, 2.75) is 18.9 Å². The minimum atomic E-state index is -1.11. The number of carbonyl (C=O) groups is 2. The molecule has 2 aromatic heterocycles. The van der Waals surface area contributed by atoms with Gasteiger partial charge in [0.15, 0.2) is 0 Å². The van der Waals surface area contributed by atoms with Crippen LogP contribution in [-0.4, -0.2) is 33.4 Å². The zero-order chi connectivity index (χ0) is 14.8. The second kappa shape index (κ2) is 5.40. The van der Waals surface area contributed by atoms with E-state index in [0.29, 0.717) is 12.1 Å². The number of furan rings is 1. The first-order chi connectivity index (χ1) is 10.2. The van der Waals surface area contributed by atoms with E-state index in [1.165, 1.54) is 18.3 Å². The molecule has 3 heterocycles. The largest absolute Gasteiger partial charge is 0.477 e. The van der Waals surface area contributed by atoms with Crippen LogP contribution in [-0.2, 0) is 0 Å². The van der Waals surface area contributed by atoms with Gasteiger partial charge in [0.1, 0.15) is 11.5 Å². The lowest BCUT2D eigenvalue weighted by Gasteiger charge is -2.23. The molecule has 0 radical (unpaired) electrons. The van der Waals surface area contributed by atoms with Gasteiger partial charge in [0.25, 0.3) is 5.91 Å². The molecule has 3 rings (SSSR count). The van der Waals surface area contributed by atoms with Crippen LogP contribution in [0.15, 0.2) is 41.1 Å². The molecule has 1 atom stereocenters. The number of aromatic carboxylic acids is 1. The van der Waals surface area contributed by atoms with Crippen molar-refractivity contribution >= 4 is 11.9 Å². The molecule has 108 valence electrons. The molecule has 2 aromatic rings. The molecule has 0 bridgehead atoms. The van der Waals surface area contributed by atoms with E-state index in [1.54, 1.807) is 17.2 Å². The fourth-order valence-corrected chi connectivity index (χ4v) is 2.60. The molecule has 0 aromatic carbocycles. The highest BCUT2D eigenvalue weighted by atomic mass is 16.4. The van der Waals surface area contributed by atoms with Gasteiger partial charge in [-0.15, -0.1) is 0 Å². The standard InChI is InChI=1S/C15H14N2O4/c18-14(10-5-6-11(15(19)20)16-9-10)17-7-1-3-12(17)13-4-2-8-21-13/h2,4-6,8-9,12H,1,3,7H2,(H,19,20)/t12-/m0/s1. The molecule has 21 heavy (non-hydrogen) atoms. The van der Waals surface area contributed by atoms with Crippen molar-refractivity contribution in [3.8, 4) is 0 Å². The molecule has 1 N–H and O–H groups in total. The molecule has 1 aliphatic rings. The van der Waals surface area contributed by atoms with Crippen molar-refractivity contribution in [2.24, 2.45) is 0 Å². The Kier molecular flexibility index (Phi) is 3.43. The van der Waals surface area contributed by atoms with Crippen LogP contribution in [0.5, 0.6) is 0 Å². The maximum absolute atomic E-state index is 12.5. The summed E-state index contributed by atoms with van der Waals surface area (Å²) in [7, 11) is 0. The van der Waals surface area contributed by atoms with Crippen LogP contribution in [0.25, 0.3) is 0 Å². The highest BCUT2D eigenvalue weighted by Crippen LogP contribution is 2.33. The molecule has 0 aliphatic carbocycles. The molecule has 1 saturated heterocycles. The van der Waals surface area contributed by atoms with E-state index >= 15 is 0 Å². The summed E-state index contributed by atoms with van der Waals surface area (Å²) >= 11 is 0. The predicted molar refractivity (Wildman–Crippen MR) is 72.9 cm³/mol. The number of hydrogen-bond acceptors (Lipinski definition) is 4. The summed E-state index contributed by atoms with van der Waals surface area (Å²) in [5.74, 6) is -0.488. The van der Waals surface area contributed by atoms with Crippen molar-refractivity contribution in [1.82, 2.24) is 9.88 Å². The third-order valence-electron chi connectivity index (χ3n) is 3.61. The molecule has 6 heteroatoms. The smallest absolute Gasteiger partial charge is 0.354 e. The minimum Gasteiger partial charge on any atom is -0.477 e. The Balaban J connectivity index is 1.82. The van der Waals surface area contributed by atoms with Crippen LogP contribution < -0.4 is 0 Å². The SMILES string of the molecule is O=C(O)c1ccc(C(=O)N2CCC[C@H]2c2ccco2)cn1. The minimum absolute atomic E-state index is 0.0633. The average molecular weight is 286 g/mol. The van der Waals surface area contributed by atoms with Crippen LogP contribution >= 0.6 is 0 Å². The van der Waals surface area contributed by atoms with E-state index in [-0.39, 0.29) is 17.6 Å². The lowest BCUT2D eigenvalue weighted by molar-refractivity contribution is 0.0684. The van der Waals surface area contributed by atoms with Crippen molar-refractivity contribution in [2.75, 3.05) is 6.54 Å². The third kappa shape index (κ3) is 2.52. The number of carboxylic acid groups (broad SMARTS) is 1. The zero-order valence-corrected chi connectivity index (χ0v) is 11.2. The van der Waals surface area contributed by atoms with Crippen LogP contribution in [0.2, 0.25) is 0 Å². The first kappa shape index (κ1) is 13.4. The Morgan fingerprint density at radius 3 is 2.81 bits per heavy atom. The first-order valence-corrected chi connectivity index (χ1v) is 6.70. The van der Waals surface area contributed by atoms with Gasteiger partial charge in [0, 0.05) is 12.7 Å². The van der Waals surface area contributed by atoms with Gasteiger partial charge in [-0.3, -0.25) is 4.79 Å². The van der Waals surface area contributed by atoms with Crippen LogP contribution in [0.3, 0.4) is 0 Å². The van der Waals surface area contributed by atoms with Gasteiger partial charge in [-0.1, -0.05) is 0 Å². The lowest BCUT2D eigenvalue weighted by atomic mass is 10.1. The number of aromatic nitrogens is 1. The summed E-state index contributed by atoms with van der Waals surface area (Å²) in [6.45, 7) is 0.658. The summed E-state index contributed by atoms with van der Waals surface area (Å²) in [5.41, 5.74) is 0.314. The van der Waals surface area contributed by atoms with E-state index in [1.807, 2.05) is 6.07 Å². The molecule has 6 nitrogen and oxygen atoms in total. The van der Waals surface area contributed by atoms with Gasteiger partial charge in [0.2, 0.25) is 0 Å². The van der Waals surface area contributed by atoms with Gasteiger partial charge in [-0.2, -0.15) is 0 Å². The van der Waals surface area contributed by atoms with E-state index in [2.05, 4.69) is 4.98 Å². The highest BCUT2D eigenvalue weighted by molar-refractivity contribution is 5.95. The molecule has 0 spiro atoms. The molecule has 1 amide bonds. The van der Waals surface area contributed by atoms with Crippen LogP contribution in [0, 0.1) is 0 Å². The van der Waals surface area contributed by atoms with Crippen LogP contribution in [0.4, 0.5) is 0 Å². The maximum atomic E-state index is 12.5. The van der Waals surface area contributed by atoms with Crippen molar-refractivity contribution in [3.63, 3.8) is 0 Å². The number of likely N-dealkylation sites (tertiary alicyclic amines) is 1. The second-order valence-corrected chi connectivity index (χ2v) is 4.91. The zero-order valence-electron chi connectivity index (χ0n) is 11.2. The van der Waals surface area contributed by atoms with E-state index in [4.69, 9.17) is 9.52 Å². The number of rotatable bonds is 3. The summed E-state index contributed by atoms with van der Waals surface area (Å²) in [6, 6.07) is 6.44. The first-order valence-electron chi connectivity index (χ1n) is 6.70. The monoisotopic (exact) mass is 286 g/mol. The topological polar surface area (TPSA) is 83.6 Å². The normalized spacial score (nSPS) is 17.9. The molecule has 0 saturated carbocycles. The van der Waals surface area contributed by atoms with Gasteiger partial charge < -0.3 is 14.4 Å². The molecular formula is C15H14N2O4. The third-order valence-corrected chi connectivity index (χ3v) is 3.61. The van der Waals surface area contributed by atoms with Gasteiger partial charge in [-0.25, -0.2) is 9.78 Å². The Morgan fingerprint density at radius 2 is 2.19 bits per heavy atom. The summed E-state index contributed by atoms with van der Waals surface area (Å²) < 4.78 is 5.40. The quantitative estimate of drug-likeness (QED) is 0.936. The molecule has 1 aliphatic heterocycles. The fraction of sp³-hybridized carbons (Fsp3) is 0.267. The Morgan fingerprint density at radius 1 is 1.33 bits per heavy atom. The average Bonchev–Trinajstić information content (AvgIpc) is 3.17. The highest BCUT2D eigenvalue weighted by Gasteiger charge is 2.32. The van der Waals surface area contributed by atoms with Gasteiger partial charge in [0.05, 0.1) is 17.9 Å². The number of amides is 1. The van der Waals surface area contributed by atoms with Crippen LogP contribution in [0.1, 0.15) is 45.5 Å². The van der Waals surface area contributed by atoms with E-state index in [0.717, 1.165) is 18.6 Å². The number of pyridine rings is 1.